The summed E-state index contributed by atoms with van der Waals surface area (Å²) in [5, 5.41) is 8.30. The molecule has 8 heteroatoms. The number of nitrogens with zero attached hydrogens (tertiary/aromatic N) is 2. The molecule has 0 radical (unpaired) electrons. The monoisotopic (exact) mass is 535 g/mol. The SMILES string of the molecule is COc1ccc(/C=C/C(=O)Nc2cc(C)n(Cc3ccc(Cl)c(Cl)c3)n2)cc1COc1ccc(C)cc1. The fraction of sp³-hybridized carbons (Fsp3) is 0.172. The Kier molecular flexibility index (Phi) is 8.54. The number of ether oxygens (including phenoxy) is 2. The maximum absolute atomic E-state index is 12.6. The first-order valence-corrected chi connectivity index (χ1v) is 12.4. The molecule has 37 heavy (non-hydrogen) atoms. The van der Waals surface area contributed by atoms with Crippen molar-refractivity contribution in [2.75, 3.05) is 12.4 Å². The van der Waals surface area contributed by atoms with Gasteiger partial charge in [-0.2, -0.15) is 5.10 Å². The molecular weight excluding hydrogens is 509 g/mol. The van der Waals surface area contributed by atoms with E-state index in [0.29, 0.717) is 29.0 Å². The minimum Gasteiger partial charge on any atom is -0.496 e. The van der Waals surface area contributed by atoms with Crippen molar-refractivity contribution in [3.8, 4) is 11.5 Å². The molecule has 0 atom stereocenters. The molecule has 1 N–H and O–H groups in total. The van der Waals surface area contributed by atoms with Crippen LogP contribution >= 0.6 is 23.2 Å². The van der Waals surface area contributed by atoms with Gasteiger partial charge in [0.05, 0.1) is 23.7 Å². The van der Waals surface area contributed by atoms with Gasteiger partial charge in [-0.05, 0) is 67.4 Å². The van der Waals surface area contributed by atoms with Crippen LogP contribution in [-0.2, 0) is 17.9 Å². The van der Waals surface area contributed by atoms with E-state index in [0.717, 1.165) is 33.9 Å². The van der Waals surface area contributed by atoms with E-state index in [9.17, 15) is 4.79 Å². The van der Waals surface area contributed by atoms with Gasteiger partial charge in [0.25, 0.3) is 0 Å². The number of carbonyl (C=O) groups is 1. The second-order valence-electron chi connectivity index (χ2n) is 8.57. The van der Waals surface area contributed by atoms with Crippen molar-refractivity contribution in [1.82, 2.24) is 9.78 Å². The summed E-state index contributed by atoms with van der Waals surface area (Å²) < 4.78 is 13.2. The average molecular weight is 536 g/mol. The Balaban J connectivity index is 1.39. The number of benzene rings is 3. The standard InChI is InChI=1S/C29H27Cl2N3O3/c1-19-4-9-24(10-5-19)37-18-23-15-21(7-12-27(23)36-3)8-13-29(35)32-28-14-20(2)34(33-28)17-22-6-11-25(30)26(31)16-22/h4-16H,17-18H2,1-3H3,(H,32,33,35)/b13-8+. The van der Waals surface area contributed by atoms with Crippen LogP contribution in [0, 0.1) is 13.8 Å². The lowest BCUT2D eigenvalue weighted by molar-refractivity contribution is -0.111. The lowest BCUT2D eigenvalue weighted by Crippen LogP contribution is -2.09. The molecular formula is C29H27Cl2N3O3. The molecule has 0 fully saturated rings. The average Bonchev–Trinajstić information content (AvgIpc) is 3.22. The number of aromatic nitrogens is 2. The summed E-state index contributed by atoms with van der Waals surface area (Å²) in [5.74, 6) is 1.68. The van der Waals surface area contributed by atoms with E-state index in [1.54, 1.807) is 30.0 Å². The number of anilines is 1. The van der Waals surface area contributed by atoms with Crippen molar-refractivity contribution in [1.29, 1.82) is 0 Å². The number of carbonyl (C=O) groups excluding carboxylic acids is 1. The number of hydrogen-bond donors (Lipinski definition) is 1. The van der Waals surface area contributed by atoms with E-state index >= 15 is 0 Å². The lowest BCUT2D eigenvalue weighted by atomic mass is 10.1. The third-order valence-electron chi connectivity index (χ3n) is 5.70. The molecule has 1 aromatic heterocycles. The third-order valence-corrected chi connectivity index (χ3v) is 6.43. The van der Waals surface area contributed by atoms with Gasteiger partial charge in [-0.3, -0.25) is 9.48 Å². The van der Waals surface area contributed by atoms with E-state index in [2.05, 4.69) is 10.4 Å². The number of hydrogen-bond acceptors (Lipinski definition) is 4. The molecule has 0 aliphatic heterocycles. The molecule has 4 rings (SSSR count). The minimum absolute atomic E-state index is 0.285. The van der Waals surface area contributed by atoms with Crippen LogP contribution < -0.4 is 14.8 Å². The smallest absolute Gasteiger partial charge is 0.249 e. The summed E-state index contributed by atoms with van der Waals surface area (Å²) in [6.45, 7) is 4.81. The number of halogens is 2. The number of methoxy groups -OCH3 is 1. The predicted molar refractivity (Wildman–Crippen MR) is 149 cm³/mol. The van der Waals surface area contributed by atoms with Gasteiger partial charge < -0.3 is 14.8 Å². The van der Waals surface area contributed by atoms with Gasteiger partial charge in [-0.15, -0.1) is 0 Å². The summed E-state index contributed by atoms with van der Waals surface area (Å²) >= 11 is 12.1. The van der Waals surface area contributed by atoms with Crippen molar-refractivity contribution in [3.63, 3.8) is 0 Å². The Labute approximate surface area is 226 Å². The molecule has 6 nitrogen and oxygen atoms in total. The van der Waals surface area contributed by atoms with Crippen molar-refractivity contribution in [2.45, 2.75) is 27.0 Å². The highest BCUT2D eigenvalue weighted by atomic mass is 35.5. The molecule has 3 aromatic carbocycles. The molecule has 0 unspecified atom stereocenters. The van der Waals surface area contributed by atoms with E-state index in [1.165, 1.54) is 11.6 Å². The van der Waals surface area contributed by atoms with Gasteiger partial charge in [0.2, 0.25) is 5.91 Å². The Bertz CT molecular complexity index is 1430. The summed E-state index contributed by atoms with van der Waals surface area (Å²) in [7, 11) is 1.62. The van der Waals surface area contributed by atoms with Gasteiger partial charge in [0.1, 0.15) is 18.1 Å². The van der Waals surface area contributed by atoms with Crippen molar-refractivity contribution < 1.29 is 14.3 Å². The molecule has 0 saturated heterocycles. The second-order valence-corrected chi connectivity index (χ2v) is 9.39. The zero-order chi connectivity index (χ0) is 26.4. The van der Waals surface area contributed by atoms with Crippen LogP contribution in [-0.4, -0.2) is 22.8 Å². The van der Waals surface area contributed by atoms with Crippen LogP contribution in [0.25, 0.3) is 6.08 Å². The highest BCUT2D eigenvalue weighted by Crippen LogP contribution is 2.24. The maximum atomic E-state index is 12.6. The Morgan fingerprint density at radius 1 is 1.00 bits per heavy atom. The van der Waals surface area contributed by atoms with Crippen LogP contribution in [0.4, 0.5) is 5.82 Å². The van der Waals surface area contributed by atoms with Crippen LogP contribution in [0.2, 0.25) is 10.0 Å². The fourth-order valence-corrected chi connectivity index (χ4v) is 4.01. The topological polar surface area (TPSA) is 65.4 Å². The van der Waals surface area contributed by atoms with Crippen molar-refractivity contribution in [3.05, 3.63) is 111 Å². The molecule has 0 spiro atoms. The number of amides is 1. The minimum atomic E-state index is -0.285. The number of aryl methyl sites for hydroxylation is 2. The summed E-state index contributed by atoms with van der Waals surface area (Å²) in [6.07, 6.45) is 3.21. The van der Waals surface area contributed by atoms with E-state index in [1.807, 2.05) is 68.4 Å². The highest BCUT2D eigenvalue weighted by Gasteiger charge is 2.09. The first kappa shape index (κ1) is 26.3. The number of rotatable bonds is 9. The lowest BCUT2D eigenvalue weighted by Gasteiger charge is -2.11. The van der Waals surface area contributed by atoms with Crippen molar-refractivity contribution in [2.24, 2.45) is 0 Å². The van der Waals surface area contributed by atoms with Crippen LogP contribution in [0.5, 0.6) is 11.5 Å². The Morgan fingerprint density at radius 3 is 2.51 bits per heavy atom. The summed E-state index contributed by atoms with van der Waals surface area (Å²) in [5.41, 5.74) is 4.75. The molecule has 0 saturated carbocycles. The molecule has 4 aromatic rings. The van der Waals surface area contributed by atoms with Gasteiger partial charge >= 0.3 is 0 Å². The quantitative estimate of drug-likeness (QED) is 0.232. The van der Waals surface area contributed by atoms with Crippen LogP contribution in [0.1, 0.15) is 27.9 Å². The fourth-order valence-electron chi connectivity index (χ4n) is 3.69. The Morgan fingerprint density at radius 2 is 1.78 bits per heavy atom. The van der Waals surface area contributed by atoms with Crippen LogP contribution in [0.3, 0.4) is 0 Å². The normalized spacial score (nSPS) is 11.1. The van der Waals surface area contributed by atoms with Crippen LogP contribution in [0.15, 0.2) is 72.8 Å². The highest BCUT2D eigenvalue weighted by molar-refractivity contribution is 6.42. The summed E-state index contributed by atoms with van der Waals surface area (Å²) in [6, 6.07) is 20.8. The Hall–Kier alpha value is -3.74. The first-order chi connectivity index (χ1) is 17.8. The molecule has 0 aliphatic carbocycles. The van der Waals surface area contributed by atoms with Crippen molar-refractivity contribution >= 4 is 41.0 Å². The van der Waals surface area contributed by atoms with E-state index in [4.69, 9.17) is 32.7 Å². The molecule has 190 valence electrons. The zero-order valence-corrected chi connectivity index (χ0v) is 22.3. The van der Waals surface area contributed by atoms with Gasteiger partial charge in [-0.25, -0.2) is 0 Å². The largest absolute Gasteiger partial charge is 0.496 e. The van der Waals surface area contributed by atoms with E-state index < -0.39 is 0 Å². The first-order valence-electron chi connectivity index (χ1n) is 11.6. The van der Waals surface area contributed by atoms with Gasteiger partial charge in [-0.1, -0.05) is 53.0 Å². The maximum Gasteiger partial charge on any atom is 0.249 e. The molecule has 1 heterocycles. The number of nitrogens with one attached hydrogen (secondary N) is 1. The predicted octanol–water partition coefficient (Wildman–Crippen LogP) is 7.09. The molecule has 1 amide bonds. The molecule has 0 bridgehead atoms. The summed E-state index contributed by atoms with van der Waals surface area (Å²) in [4.78, 5) is 12.6. The molecule has 0 aliphatic rings. The van der Waals surface area contributed by atoms with Gasteiger partial charge in [0.15, 0.2) is 5.82 Å². The van der Waals surface area contributed by atoms with Gasteiger partial charge in [0, 0.05) is 23.4 Å². The third kappa shape index (κ3) is 7.15. The zero-order valence-electron chi connectivity index (χ0n) is 20.8. The van der Waals surface area contributed by atoms with E-state index in [-0.39, 0.29) is 5.91 Å². The second kappa shape index (κ2) is 12.0.